The van der Waals surface area contributed by atoms with Crippen molar-refractivity contribution in [3.8, 4) is 11.3 Å². The molecular formula is C15H19N3. The van der Waals surface area contributed by atoms with Gasteiger partial charge < -0.3 is 0 Å². The zero-order valence-electron chi connectivity index (χ0n) is 10.6. The predicted octanol–water partition coefficient (Wildman–Crippen LogP) is 3.06. The second-order valence-electron chi connectivity index (χ2n) is 5.00. The molecule has 1 saturated heterocycles. The van der Waals surface area contributed by atoms with Crippen LogP contribution in [0.2, 0.25) is 0 Å². The van der Waals surface area contributed by atoms with E-state index in [1.165, 1.54) is 43.5 Å². The Hall–Kier alpha value is -1.61. The van der Waals surface area contributed by atoms with Crippen molar-refractivity contribution in [2.75, 3.05) is 13.1 Å². The Morgan fingerprint density at radius 2 is 1.78 bits per heavy atom. The highest BCUT2D eigenvalue weighted by atomic mass is 15.1. The van der Waals surface area contributed by atoms with Crippen LogP contribution in [-0.4, -0.2) is 28.2 Å². The van der Waals surface area contributed by atoms with Crippen LogP contribution in [0.3, 0.4) is 0 Å². The van der Waals surface area contributed by atoms with E-state index in [4.69, 9.17) is 0 Å². The van der Waals surface area contributed by atoms with Gasteiger partial charge in [-0.3, -0.25) is 10.00 Å². The Bertz CT molecular complexity index is 467. The van der Waals surface area contributed by atoms with Crippen LogP contribution in [0, 0.1) is 0 Å². The first kappa shape index (κ1) is 11.5. The molecule has 3 heteroatoms. The smallest absolute Gasteiger partial charge is 0.0650 e. The van der Waals surface area contributed by atoms with Crippen LogP contribution in [0.5, 0.6) is 0 Å². The van der Waals surface area contributed by atoms with Gasteiger partial charge in [0.1, 0.15) is 0 Å². The number of rotatable bonds is 3. The highest BCUT2D eigenvalue weighted by molar-refractivity contribution is 5.58. The molecule has 1 N–H and O–H groups in total. The third-order valence-electron chi connectivity index (χ3n) is 3.62. The summed E-state index contributed by atoms with van der Waals surface area (Å²) < 4.78 is 0. The number of nitrogens with zero attached hydrogens (tertiary/aromatic N) is 2. The molecule has 2 aromatic rings. The maximum absolute atomic E-state index is 3.98. The lowest BCUT2D eigenvalue weighted by Gasteiger charge is -2.26. The fourth-order valence-corrected chi connectivity index (χ4v) is 2.58. The number of hydrogen-bond acceptors (Lipinski definition) is 2. The molecule has 0 saturated carbocycles. The van der Waals surface area contributed by atoms with Crippen LogP contribution in [-0.2, 0) is 6.54 Å². The molecule has 2 heterocycles. The molecule has 0 spiro atoms. The van der Waals surface area contributed by atoms with Gasteiger partial charge in [0.25, 0.3) is 0 Å². The van der Waals surface area contributed by atoms with E-state index in [0.717, 1.165) is 12.2 Å². The lowest BCUT2D eigenvalue weighted by Crippen LogP contribution is -2.28. The SMILES string of the molecule is c1cc(-c2ccc(CN3CCCCC3)cc2)[nH]n1. The molecule has 94 valence electrons. The van der Waals surface area contributed by atoms with Gasteiger partial charge in [-0.25, -0.2) is 0 Å². The molecule has 0 amide bonds. The minimum Gasteiger partial charge on any atom is -0.299 e. The van der Waals surface area contributed by atoms with Gasteiger partial charge >= 0.3 is 0 Å². The second-order valence-corrected chi connectivity index (χ2v) is 5.00. The van der Waals surface area contributed by atoms with Gasteiger partial charge in [-0.05, 0) is 43.1 Å². The third kappa shape index (κ3) is 2.62. The molecule has 0 unspecified atom stereocenters. The van der Waals surface area contributed by atoms with Gasteiger partial charge in [-0.1, -0.05) is 30.7 Å². The average molecular weight is 241 g/mol. The zero-order chi connectivity index (χ0) is 12.2. The topological polar surface area (TPSA) is 31.9 Å². The molecule has 0 aliphatic carbocycles. The zero-order valence-corrected chi connectivity index (χ0v) is 10.6. The Morgan fingerprint density at radius 1 is 1.00 bits per heavy atom. The van der Waals surface area contributed by atoms with E-state index < -0.39 is 0 Å². The van der Waals surface area contributed by atoms with Crippen molar-refractivity contribution in [1.29, 1.82) is 0 Å². The number of aromatic nitrogens is 2. The molecule has 3 rings (SSSR count). The number of aromatic amines is 1. The predicted molar refractivity (Wildman–Crippen MR) is 73.2 cm³/mol. The molecule has 1 aliphatic heterocycles. The maximum Gasteiger partial charge on any atom is 0.0650 e. The molecule has 1 aliphatic rings. The lowest BCUT2D eigenvalue weighted by molar-refractivity contribution is 0.221. The fraction of sp³-hybridized carbons (Fsp3) is 0.400. The number of benzene rings is 1. The highest BCUT2D eigenvalue weighted by Crippen LogP contribution is 2.18. The van der Waals surface area contributed by atoms with Crippen molar-refractivity contribution in [2.24, 2.45) is 0 Å². The normalized spacial score (nSPS) is 16.9. The van der Waals surface area contributed by atoms with E-state index in [-0.39, 0.29) is 0 Å². The quantitative estimate of drug-likeness (QED) is 0.895. The molecule has 0 radical (unpaired) electrons. The second kappa shape index (κ2) is 5.36. The Balaban J connectivity index is 1.67. The molecule has 3 nitrogen and oxygen atoms in total. The maximum atomic E-state index is 3.98. The van der Waals surface area contributed by atoms with Crippen molar-refractivity contribution < 1.29 is 0 Å². The summed E-state index contributed by atoms with van der Waals surface area (Å²) in [5, 5.41) is 6.98. The van der Waals surface area contributed by atoms with Crippen molar-refractivity contribution in [1.82, 2.24) is 15.1 Å². The first-order valence-electron chi connectivity index (χ1n) is 6.73. The van der Waals surface area contributed by atoms with Crippen molar-refractivity contribution in [2.45, 2.75) is 25.8 Å². The number of hydrogen-bond donors (Lipinski definition) is 1. The largest absolute Gasteiger partial charge is 0.299 e. The summed E-state index contributed by atoms with van der Waals surface area (Å²) in [6.45, 7) is 3.59. The summed E-state index contributed by atoms with van der Waals surface area (Å²) in [5.41, 5.74) is 3.69. The molecule has 1 aromatic heterocycles. The van der Waals surface area contributed by atoms with Gasteiger partial charge in [-0.2, -0.15) is 5.10 Å². The number of nitrogens with one attached hydrogen (secondary N) is 1. The van der Waals surface area contributed by atoms with Crippen LogP contribution >= 0.6 is 0 Å². The first-order valence-corrected chi connectivity index (χ1v) is 6.73. The summed E-state index contributed by atoms with van der Waals surface area (Å²) in [4.78, 5) is 2.55. The molecule has 1 aromatic carbocycles. The Kier molecular flexibility index (Phi) is 3.42. The van der Waals surface area contributed by atoms with Crippen molar-refractivity contribution in [3.63, 3.8) is 0 Å². The number of likely N-dealkylation sites (tertiary alicyclic amines) is 1. The van der Waals surface area contributed by atoms with E-state index >= 15 is 0 Å². The average Bonchev–Trinajstić information content (AvgIpc) is 2.95. The van der Waals surface area contributed by atoms with Gasteiger partial charge in [0.05, 0.1) is 5.69 Å². The van der Waals surface area contributed by atoms with E-state index in [1.54, 1.807) is 6.20 Å². The third-order valence-corrected chi connectivity index (χ3v) is 3.62. The van der Waals surface area contributed by atoms with Crippen LogP contribution < -0.4 is 0 Å². The Labute approximate surface area is 108 Å². The van der Waals surface area contributed by atoms with Gasteiger partial charge in [0, 0.05) is 12.7 Å². The van der Waals surface area contributed by atoms with Crippen LogP contribution in [0.1, 0.15) is 24.8 Å². The molecule has 0 atom stereocenters. The van der Waals surface area contributed by atoms with Gasteiger partial charge in [0.15, 0.2) is 0 Å². The fourth-order valence-electron chi connectivity index (χ4n) is 2.58. The standard InChI is InChI=1S/C15H19N3/c1-2-10-18(11-3-1)12-13-4-6-14(7-5-13)15-8-9-16-17-15/h4-9H,1-3,10-12H2,(H,16,17). The Morgan fingerprint density at radius 3 is 2.44 bits per heavy atom. The summed E-state index contributed by atoms with van der Waals surface area (Å²) >= 11 is 0. The number of H-pyrrole nitrogens is 1. The van der Waals surface area contributed by atoms with E-state index in [0.29, 0.717) is 0 Å². The van der Waals surface area contributed by atoms with Crippen LogP contribution in [0.4, 0.5) is 0 Å². The first-order chi connectivity index (χ1) is 8.92. The monoisotopic (exact) mass is 241 g/mol. The highest BCUT2D eigenvalue weighted by Gasteiger charge is 2.10. The minimum atomic E-state index is 1.08. The van der Waals surface area contributed by atoms with Gasteiger partial charge in [-0.15, -0.1) is 0 Å². The summed E-state index contributed by atoms with van der Waals surface area (Å²) in [7, 11) is 0. The van der Waals surface area contributed by atoms with E-state index in [2.05, 4.69) is 39.4 Å². The van der Waals surface area contributed by atoms with Crippen LogP contribution in [0.15, 0.2) is 36.5 Å². The molecule has 1 fully saturated rings. The van der Waals surface area contributed by atoms with Crippen LogP contribution in [0.25, 0.3) is 11.3 Å². The van der Waals surface area contributed by atoms with Gasteiger partial charge in [0.2, 0.25) is 0 Å². The van der Waals surface area contributed by atoms with E-state index in [1.807, 2.05) is 6.07 Å². The molecular weight excluding hydrogens is 222 g/mol. The lowest BCUT2D eigenvalue weighted by atomic mass is 10.1. The van der Waals surface area contributed by atoms with Crippen molar-refractivity contribution >= 4 is 0 Å². The van der Waals surface area contributed by atoms with Crippen molar-refractivity contribution in [3.05, 3.63) is 42.1 Å². The summed E-state index contributed by atoms with van der Waals surface area (Å²) in [6, 6.07) is 10.8. The molecule has 18 heavy (non-hydrogen) atoms. The minimum absolute atomic E-state index is 1.08. The molecule has 0 bridgehead atoms. The number of piperidine rings is 1. The van der Waals surface area contributed by atoms with E-state index in [9.17, 15) is 0 Å². The summed E-state index contributed by atoms with van der Waals surface area (Å²) in [5.74, 6) is 0. The summed E-state index contributed by atoms with van der Waals surface area (Å²) in [6.07, 6.45) is 5.89.